The predicted molar refractivity (Wildman–Crippen MR) is 52.6 cm³/mol. The fourth-order valence-corrected chi connectivity index (χ4v) is 1.31. The number of aromatic nitrogens is 3. The molecule has 14 heavy (non-hydrogen) atoms. The molecule has 2 heterocycles. The molecular weight excluding hydrogens is 180 g/mol. The Balaban J connectivity index is 2.61. The molecule has 0 aliphatic carbocycles. The van der Waals surface area contributed by atoms with Crippen molar-refractivity contribution in [3.8, 4) is 0 Å². The lowest BCUT2D eigenvalue weighted by Gasteiger charge is -2.10. The van der Waals surface area contributed by atoms with Crippen molar-refractivity contribution >= 4 is 17.0 Å². The molecule has 0 saturated heterocycles. The van der Waals surface area contributed by atoms with Crippen LogP contribution in [0.2, 0.25) is 0 Å². The van der Waals surface area contributed by atoms with Gasteiger partial charge in [-0.15, -0.1) is 0 Å². The van der Waals surface area contributed by atoms with E-state index >= 15 is 0 Å². The van der Waals surface area contributed by atoms with Crippen molar-refractivity contribution in [1.29, 1.82) is 0 Å². The first-order valence-corrected chi connectivity index (χ1v) is 4.34. The van der Waals surface area contributed by atoms with Crippen molar-refractivity contribution in [2.24, 2.45) is 0 Å². The van der Waals surface area contributed by atoms with E-state index in [0.717, 1.165) is 5.39 Å². The lowest BCUT2D eigenvalue weighted by molar-refractivity contribution is 0.241. The van der Waals surface area contributed by atoms with Gasteiger partial charge in [0.2, 0.25) is 5.95 Å². The molecule has 0 aliphatic rings. The molecule has 0 fully saturated rings. The largest absolute Gasteiger partial charge is 0.394 e. The number of fused-ring (bicyclic) bond motifs is 1. The van der Waals surface area contributed by atoms with Crippen molar-refractivity contribution in [3.63, 3.8) is 0 Å². The van der Waals surface area contributed by atoms with Crippen LogP contribution in [-0.2, 0) is 0 Å². The summed E-state index contributed by atoms with van der Waals surface area (Å²) in [4.78, 5) is 7.96. The van der Waals surface area contributed by atoms with Gasteiger partial charge in [-0.2, -0.15) is 4.98 Å². The summed E-state index contributed by atoms with van der Waals surface area (Å²) in [5.41, 5.74) is 6.19. The molecule has 0 saturated carbocycles. The van der Waals surface area contributed by atoms with Gasteiger partial charge in [0, 0.05) is 23.8 Å². The minimum Gasteiger partial charge on any atom is -0.394 e. The number of hydrogen-bond donors (Lipinski definition) is 2. The third-order valence-electron chi connectivity index (χ3n) is 2.13. The third-order valence-corrected chi connectivity index (χ3v) is 2.13. The Morgan fingerprint density at radius 2 is 2.50 bits per heavy atom. The minimum absolute atomic E-state index is 0.0296. The first-order chi connectivity index (χ1) is 6.72. The molecule has 2 aromatic rings. The Morgan fingerprint density at radius 1 is 1.71 bits per heavy atom. The van der Waals surface area contributed by atoms with Gasteiger partial charge in [-0.3, -0.25) is 0 Å². The number of nitrogen functional groups attached to an aromatic ring is 1. The number of hydrogen-bond acceptors (Lipinski definition) is 4. The van der Waals surface area contributed by atoms with Crippen molar-refractivity contribution in [1.82, 2.24) is 14.5 Å². The van der Waals surface area contributed by atoms with Crippen LogP contribution in [0.3, 0.4) is 0 Å². The Kier molecular flexibility index (Phi) is 2.09. The maximum atomic E-state index is 9.03. The zero-order valence-corrected chi connectivity index (χ0v) is 7.81. The fraction of sp³-hybridized carbons (Fsp3) is 0.333. The van der Waals surface area contributed by atoms with E-state index in [-0.39, 0.29) is 18.6 Å². The first kappa shape index (κ1) is 8.96. The number of aliphatic hydroxyl groups excluding tert-OH is 1. The van der Waals surface area contributed by atoms with Gasteiger partial charge >= 0.3 is 0 Å². The maximum absolute atomic E-state index is 9.03. The summed E-state index contributed by atoms with van der Waals surface area (Å²) < 4.78 is 1.83. The molecule has 5 nitrogen and oxygen atoms in total. The minimum atomic E-state index is -0.0296. The quantitative estimate of drug-likeness (QED) is 0.718. The van der Waals surface area contributed by atoms with Crippen molar-refractivity contribution < 1.29 is 5.11 Å². The zero-order chi connectivity index (χ0) is 10.1. The monoisotopic (exact) mass is 191 g/mol. The molecule has 2 aromatic heterocycles. The molecule has 1 radical (unpaired) electrons. The predicted octanol–water partition coefficient (Wildman–Crippen LogP) is 0.367. The van der Waals surface area contributed by atoms with E-state index in [4.69, 9.17) is 10.8 Å². The van der Waals surface area contributed by atoms with Gasteiger partial charge in [-0.25, -0.2) is 4.98 Å². The van der Waals surface area contributed by atoms with E-state index in [2.05, 4.69) is 16.0 Å². The van der Waals surface area contributed by atoms with Gasteiger partial charge in [0.05, 0.1) is 12.6 Å². The van der Waals surface area contributed by atoms with E-state index in [0.29, 0.717) is 5.65 Å². The summed E-state index contributed by atoms with van der Waals surface area (Å²) in [5.74, 6) is 0.232. The van der Waals surface area contributed by atoms with Crippen molar-refractivity contribution in [2.45, 2.75) is 13.0 Å². The SMILES string of the molecule is CC(CO)n1c[c]c2cnc(N)nc21. The summed E-state index contributed by atoms with van der Waals surface area (Å²) in [6, 6.07) is 2.97. The normalized spacial score (nSPS) is 13.3. The molecular formula is C9H11N4O. The van der Waals surface area contributed by atoms with Crippen LogP contribution in [0.25, 0.3) is 11.0 Å². The van der Waals surface area contributed by atoms with Crippen LogP contribution < -0.4 is 5.73 Å². The lowest BCUT2D eigenvalue weighted by Crippen LogP contribution is -2.09. The van der Waals surface area contributed by atoms with Gasteiger partial charge in [0.15, 0.2) is 0 Å². The Bertz CT molecular complexity index is 451. The lowest BCUT2D eigenvalue weighted by atomic mass is 10.3. The van der Waals surface area contributed by atoms with Gasteiger partial charge in [-0.05, 0) is 6.92 Å². The second kappa shape index (κ2) is 3.26. The number of aliphatic hydroxyl groups is 1. The van der Waals surface area contributed by atoms with Gasteiger partial charge < -0.3 is 15.4 Å². The summed E-state index contributed by atoms with van der Waals surface area (Å²) >= 11 is 0. The van der Waals surface area contributed by atoms with Crippen LogP contribution in [0.5, 0.6) is 0 Å². The van der Waals surface area contributed by atoms with Crippen LogP contribution >= 0.6 is 0 Å². The number of anilines is 1. The highest BCUT2D eigenvalue weighted by Gasteiger charge is 2.08. The van der Waals surface area contributed by atoms with E-state index < -0.39 is 0 Å². The number of nitrogens with zero attached hydrogens (tertiary/aromatic N) is 3. The van der Waals surface area contributed by atoms with Crippen LogP contribution in [0.4, 0.5) is 5.95 Å². The van der Waals surface area contributed by atoms with Crippen LogP contribution in [-0.4, -0.2) is 26.2 Å². The average Bonchev–Trinajstić information content (AvgIpc) is 2.59. The van der Waals surface area contributed by atoms with Crippen LogP contribution in [0.1, 0.15) is 13.0 Å². The molecule has 2 rings (SSSR count). The molecule has 5 heteroatoms. The molecule has 0 amide bonds. The Hall–Kier alpha value is -1.62. The first-order valence-electron chi connectivity index (χ1n) is 4.34. The molecule has 73 valence electrons. The summed E-state index contributed by atoms with van der Waals surface area (Å²) in [5, 5.41) is 9.83. The highest BCUT2D eigenvalue weighted by molar-refractivity contribution is 5.75. The molecule has 0 bridgehead atoms. The Labute approximate surface area is 81.2 Å². The molecule has 1 atom stereocenters. The molecule has 1 unspecified atom stereocenters. The molecule has 0 aliphatic heterocycles. The molecule has 0 spiro atoms. The van der Waals surface area contributed by atoms with Gasteiger partial charge in [0.1, 0.15) is 5.65 Å². The average molecular weight is 191 g/mol. The summed E-state index contributed by atoms with van der Waals surface area (Å²) in [6.45, 7) is 1.95. The van der Waals surface area contributed by atoms with Crippen molar-refractivity contribution in [2.75, 3.05) is 12.3 Å². The highest BCUT2D eigenvalue weighted by atomic mass is 16.3. The number of nitrogens with two attached hydrogens (primary N) is 1. The Morgan fingerprint density at radius 3 is 3.21 bits per heavy atom. The second-order valence-electron chi connectivity index (χ2n) is 3.18. The smallest absolute Gasteiger partial charge is 0.221 e. The topological polar surface area (TPSA) is 77.0 Å². The standard InChI is InChI=1S/C9H11N4O/c1-6(5-14)13-3-2-7-4-11-9(10)12-8(7)13/h3-4,6,14H,5H2,1H3,(H2,10,11,12). The van der Waals surface area contributed by atoms with E-state index in [1.807, 2.05) is 11.5 Å². The zero-order valence-electron chi connectivity index (χ0n) is 7.81. The van der Waals surface area contributed by atoms with E-state index in [1.54, 1.807) is 12.4 Å². The molecule has 3 N–H and O–H groups in total. The van der Waals surface area contributed by atoms with Crippen molar-refractivity contribution in [3.05, 3.63) is 18.5 Å². The molecule has 0 aromatic carbocycles. The maximum Gasteiger partial charge on any atom is 0.221 e. The van der Waals surface area contributed by atoms with Gasteiger partial charge in [0.25, 0.3) is 0 Å². The highest BCUT2D eigenvalue weighted by Crippen LogP contribution is 2.17. The number of rotatable bonds is 2. The van der Waals surface area contributed by atoms with Gasteiger partial charge in [-0.1, -0.05) is 0 Å². The summed E-state index contributed by atoms with van der Waals surface area (Å²) in [6.07, 6.45) is 3.37. The van der Waals surface area contributed by atoms with Crippen LogP contribution in [0, 0.1) is 6.07 Å². The second-order valence-corrected chi connectivity index (χ2v) is 3.18. The van der Waals surface area contributed by atoms with Crippen LogP contribution in [0.15, 0.2) is 12.4 Å². The van der Waals surface area contributed by atoms with E-state index in [9.17, 15) is 0 Å². The fourth-order valence-electron chi connectivity index (χ4n) is 1.31. The van der Waals surface area contributed by atoms with E-state index in [1.165, 1.54) is 0 Å². The third kappa shape index (κ3) is 1.31. The summed E-state index contributed by atoms with van der Waals surface area (Å²) in [7, 11) is 0.